The lowest BCUT2D eigenvalue weighted by Gasteiger charge is -2.14. The number of nitrogens with zero attached hydrogens (tertiary/aromatic N) is 1. The number of carbonyl (C=O) groups is 2. The largest absolute Gasteiger partial charge is 0.469 e. The summed E-state index contributed by atoms with van der Waals surface area (Å²) in [4.78, 5) is 24.2. The van der Waals surface area contributed by atoms with Crippen molar-refractivity contribution in [3.05, 3.63) is 35.9 Å². The highest BCUT2D eigenvalue weighted by Gasteiger charge is 2.10. The van der Waals surface area contributed by atoms with E-state index in [2.05, 4.69) is 4.74 Å². The highest BCUT2D eigenvalue weighted by molar-refractivity contribution is 5.72. The lowest BCUT2D eigenvalue weighted by Crippen LogP contribution is -2.29. The third-order valence-corrected chi connectivity index (χ3v) is 2.57. The maximum atomic E-state index is 11.6. The smallest absolute Gasteiger partial charge is 0.320 e. The van der Waals surface area contributed by atoms with Crippen LogP contribution in [0.2, 0.25) is 0 Å². The topological polar surface area (TPSA) is 55.8 Å². The second-order valence-corrected chi connectivity index (χ2v) is 4.21. The van der Waals surface area contributed by atoms with Gasteiger partial charge in [0.05, 0.1) is 20.1 Å². The van der Waals surface area contributed by atoms with E-state index in [9.17, 15) is 9.59 Å². The molecule has 0 aliphatic heterocycles. The molecule has 0 saturated heterocycles. The summed E-state index contributed by atoms with van der Waals surface area (Å²) in [6, 6.07) is 9.49. The third-order valence-electron chi connectivity index (χ3n) is 2.57. The number of methoxy groups -OCH3 is 1. The Morgan fingerprint density at radius 2 is 1.84 bits per heavy atom. The van der Waals surface area contributed by atoms with Crippen LogP contribution in [-0.2, 0) is 25.7 Å². The number of likely N-dealkylation sites (N-methyl/N-ethyl adjacent to an activating group) is 1. The standard InChI is InChI=1S/C14H19NO4/c1-15(9-8-13(16)18-2)10-14(17)19-11-12-6-4-3-5-7-12/h3-7H,8-11H2,1-2H3. The predicted molar refractivity (Wildman–Crippen MR) is 70.4 cm³/mol. The molecule has 0 fully saturated rings. The van der Waals surface area contributed by atoms with Crippen LogP contribution in [0.25, 0.3) is 0 Å². The molecule has 5 heteroatoms. The average Bonchev–Trinajstić information content (AvgIpc) is 2.43. The van der Waals surface area contributed by atoms with Gasteiger partial charge in [0.15, 0.2) is 0 Å². The van der Waals surface area contributed by atoms with Gasteiger partial charge in [-0.3, -0.25) is 14.5 Å². The lowest BCUT2D eigenvalue weighted by atomic mass is 10.2. The van der Waals surface area contributed by atoms with E-state index in [4.69, 9.17) is 4.74 Å². The van der Waals surface area contributed by atoms with Gasteiger partial charge < -0.3 is 9.47 Å². The molecule has 0 atom stereocenters. The minimum atomic E-state index is -0.309. The van der Waals surface area contributed by atoms with Crippen LogP contribution in [0.5, 0.6) is 0 Å². The zero-order chi connectivity index (χ0) is 14.1. The summed E-state index contributed by atoms with van der Waals surface area (Å²) < 4.78 is 9.66. The first-order chi connectivity index (χ1) is 9.11. The van der Waals surface area contributed by atoms with Gasteiger partial charge >= 0.3 is 11.9 Å². The van der Waals surface area contributed by atoms with Crippen molar-refractivity contribution in [1.82, 2.24) is 4.90 Å². The Labute approximate surface area is 113 Å². The van der Waals surface area contributed by atoms with Crippen LogP contribution in [0.3, 0.4) is 0 Å². The van der Waals surface area contributed by atoms with Gasteiger partial charge in [0, 0.05) is 6.54 Å². The first kappa shape index (κ1) is 15.2. The van der Waals surface area contributed by atoms with Crippen molar-refractivity contribution >= 4 is 11.9 Å². The molecule has 1 aromatic rings. The average molecular weight is 265 g/mol. The number of rotatable bonds is 7. The Kier molecular flexibility index (Phi) is 6.60. The van der Waals surface area contributed by atoms with E-state index >= 15 is 0 Å². The van der Waals surface area contributed by atoms with Crippen LogP contribution < -0.4 is 0 Å². The van der Waals surface area contributed by atoms with Gasteiger partial charge in [-0.25, -0.2) is 0 Å². The van der Waals surface area contributed by atoms with Crippen LogP contribution in [-0.4, -0.2) is 44.1 Å². The van der Waals surface area contributed by atoms with Gasteiger partial charge in [-0.1, -0.05) is 30.3 Å². The molecule has 0 radical (unpaired) electrons. The molecule has 0 aliphatic rings. The molecule has 0 spiro atoms. The molecule has 0 aliphatic carbocycles. The molecule has 1 aromatic carbocycles. The van der Waals surface area contributed by atoms with E-state index in [-0.39, 0.29) is 31.5 Å². The molecule has 0 aromatic heterocycles. The molecular formula is C14H19NO4. The highest BCUT2D eigenvalue weighted by atomic mass is 16.5. The minimum Gasteiger partial charge on any atom is -0.469 e. The Bertz CT molecular complexity index is 405. The van der Waals surface area contributed by atoms with E-state index in [0.717, 1.165) is 5.56 Å². The van der Waals surface area contributed by atoms with Gasteiger partial charge in [-0.2, -0.15) is 0 Å². The molecule has 1 rings (SSSR count). The van der Waals surface area contributed by atoms with Crippen molar-refractivity contribution in [3.63, 3.8) is 0 Å². The van der Waals surface area contributed by atoms with Gasteiger partial charge in [0.2, 0.25) is 0 Å². The van der Waals surface area contributed by atoms with Crippen LogP contribution in [0.15, 0.2) is 30.3 Å². The summed E-state index contributed by atoms with van der Waals surface area (Å²) in [6.45, 7) is 0.890. The second kappa shape index (κ2) is 8.26. The SMILES string of the molecule is COC(=O)CCN(C)CC(=O)OCc1ccccc1. The van der Waals surface area contributed by atoms with Crippen LogP contribution in [0.4, 0.5) is 0 Å². The summed E-state index contributed by atoms with van der Waals surface area (Å²) in [6.07, 6.45) is 0.263. The molecule has 0 amide bonds. The van der Waals surface area contributed by atoms with Gasteiger partial charge in [0.1, 0.15) is 6.61 Å². The Morgan fingerprint density at radius 1 is 1.16 bits per heavy atom. The van der Waals surface area contributed by atoms with Crippen molar-refractivity contribution in [2.75, 3.05) is 27.2 Å². The van der Waals surface area contributed by atoms with Crippen LogP contribution >= 0.6 is 0 Å². The van der Waals surface area contributed by atoms with E-state index in [0.29, 0.717) is 6.54 Å². The van der Waals surface area contributed by atoms with E-state index in [1.165, 1.54) is 7.11 Å². The molecule has 0 bridgehead atoms. The van der Waals surface area contributed by atoms with E-state index < -0.39 is 0 Å². The van der Waals surface area contributed by atoms with Gasteiger partial charge in [-0.15, -0.1) is 0 Å². The van der Waals surface area contributed by atoms with Crippen LogP contribution in [0.1, 0.15) is 12.0 Å². The Hall–Kier alpha value is -1.88. The van der Waals surface area contributed by atoms with Crippen LogP contribution in [0, 0.1) is 0 Å². The summed E-state index contributed by atoms with van der Waals surface area (Å²) in [5.74, 6) is -0.597. The zero-order valence-corrected chi connectivity index (χ0v) is 11.3. The summed E-state index contributed by atoms with van der Waals surface area (Å²) in [5.41, 5.74) is 0.952. The van der Waals surface area contributed by atoms with Crippen molar-refractivity contribution in [1.29, 1.82) is 0 Å². The van der Waals surface area contributed by atoms with Crippen molar-refractivity contribution in [2.24, 2.45) is 0 Å². The van der Waals surface area contributed by atoms with Crippen molar-refractivity contribution in [2.45, 2.75) is 13.0 Å². The first-order valence-electron chi connectivity index (χ1n) is 6.06. The lowest BCUT2D eigenvalue weighted by molar-refractivity contribution is -0.147. The van der Waals surface area contributed by atoms with E-state index in [1.807, 2.05) is 30.3 Å². The third kappa shape index (κ3) is 6.57. The van der Waals surface area contributed by atoms with Crippen molar-refractivity contribution in [3.8, 4) is 0 Å². The fraction of sp³-hybridized carbons (Fsp3) is 0.429. The molecule has 5 nitrogen and oxygen atoms in total. The number of esters is 2. The predicted octanol–water partition coefficient (Wildman–Crippen LogP) is 1.22. The Morgan fingerprint density at radius 3 is 2.47 bits per heavy atom. The molecule has 104 valence electrons. The maximum absolute atomic E-state index is 11.6. The van der Waals surface area contributed by atoms with Gasteiger partial charge in [-0.05, 0) is 12.6 Å². The molecule has 0 saturated carbocycles. The molecule has 0 unspecified atom stereocenters. The quantitative estimate of drug-likeness (QED) is 0.694. The summed E-state index contributed by atoms with van der Waals surface area (Å²) in [5, 5.41) is 0. The molecule has 0 N–H and O–H groups in total. The molecule has 19 heavy (non-hydrogen) atoms. The normalized spacial score (nSPS) is 10.3. The maximum Gasteiger partial charge on any atom is 0.320 e. The van der Waals surface area contributed by atoms with Gasteiger partial charge in [0.25, 0.3) is 0 Å². The first-order valence-corrected chi connectivity index (χ1v) is 6.06. The van der Waals surface area contributed by atoms with E-state index in [1.54, 1.807) is 11.9 Å². The second-order valence-electron chi connectivity index (χ2n) is 4.21. The monoisotopic (exact) mass is 265 g/mol. The highest BCUT2D eigenvalue weighted by Crippen LogP contribution is 2.01. The number of carbonyl (C=O) groups excluding carboxylic acids is 2. The Balaban J connectivity index is 2.21. The summed E-state index contributed by atoms with van der Waals surface area (Å²) in [7, 11) is 3.10. The minimum absolute atomic E-state index is 0.157. The number of benzene rings is 1. The number of hydrogen-bond acceptors (Lipinski definition) is 5. The zero-order valence-electron chi connectivity index (χ0n) is 11.3. The fourth-order valence-electron chi connectivity index (χ4n) is 1.47. The molecule has 0 heterocycles. The number of hydrogen-bond donors (Lipinski definition) is 0. The number of ether oxygens (including phenoxy) is 2. The van der Waals surface area contributed by atoms with Crippen molar-refractivity contribution < 1.29 is 19.1 Å². The fourth-order valence-corrected chi connectivity index (χ4v) is 1.47. The summed E-state index contributed by atoms with van der Waals surface area (Å²) >= 11 is 0. The molecular weight excluding hydrogens is 246 g/mol.